The zero-order chi connectivity index (χ0) is 16.0. The fourth-order valence-electron chi connectivity index (χ4n) is 1.20. The maximum Gasteiger partial charge on any atom is 0.327 e. The summed E-state index contributed by atoms with van der Waals surface area (Å²) < 4.78 is 23.7. The monoisotopic (exact) mass is 313 g/mol. The average molecular weight is 313 g/mol. The van der Waals surface area contributed by atoms with Gasteiger partial charge in [0.2, 0.25) is 0 Å². The lowest BCUT2D eigenvalue weighted by atomic mass is 10.3. The van der Waals surface area contributed by atoms with Crippen LogP contribution in [0.2, 0.25) is 0 Å². The van der Waals surface area contributed by atoms with E-state index in [9.17, 15) is 18.0 Å². The Morgan fingerprint density at radius 1 is 1.14 bits per heavy atom. The fourth-order valence-corrected chi connectivity index (χ4v) is 2.10. The number of rotatable bonds is 4. The quantitative estimate of drug-likeness (QED) is 0.475. The van der Waals surface area contributed by atoms with Crippen LogP contribution in [0.15, 0.2) is 34.3 Å². The minimum absolute atomic E-state index is 0.0200. The number of sulfonamides is 1. The molecule has 0 aliphatic rings. The molecule has 0 bridgehead atoms. The Kier molecular flexibility index (Phi) is 5.24. The van der Waals surface area contributed by atoms with Crippen LogP contribution in [0.4, 0.5) is 15.3 Å². The summed E-state index contributed by atoms with van der Waals surface area (Å²) in [5, 5.41) is 7.74. The largest absolute Gasteiger partial charge is 0.351 e. The number of carbonyl (C=O) groups excluding carboxylic acids is 2. The van der Waals surface area contributed by atoms with Crippen molar-refractivity contribution in [3.8, 4) is 0 Å². The molecule has 0 saturated carbocycles. The molecule has 4 amide bonds. The van der Waals surface area contributed by atoms with Crippen molar-refractivity contribution in [2.75, 3.05) is 5.32 Å². The molecule has 114 valence electrons. The van der Waals surface area contributed by atoms with E-state index in [0.29, 0.717) is 11.4 Å². The molecule has 0 unspecified atom stereocenters. The van der Waals surface area contributed by atoms with Gasteiger partial charge in [-0.05, 0) is 38.1 Å². The third-order valence-electron chi connectivity index (χ3n) is 2.05. The summed E-state index contributed by atoms with van der Waals surface area (Å²) >= 11 is 0. The third kappa shape index (κ3) is 5.48. The number of benzene rings is 1. The van der Waals surface area contributed by atoms with Gasteiger partial charge in [-0.1, -0.05) is 0 Å². The van der Waals surface area contributed by atoms with Gasteiger partial charge in [-0.3, -0.25) is 5.32 Å². The lowest BCUT2D eigenvalue weighted by Gasteiger charge is -2.07. The molecule has 0 aromatic heterocycles. The van der Waals surface area contributed by atoms with Crippen molar-refractivity contribution in [3.63, 3.8) is 0 Å². The van der Waals surface area contributed by atoms with E-state index in [4.69, 9.17) is 5.73 Å². The number of imide groups is 1. The van der Waals surface area contributed by atoms with Crippen molar-refractivity contribution >= 4 is 33.5 Å². The summed E-state index contributed by atoms with van der Waals surface area (Å²) in [4.78, 5) is 23.7. The summed E-state index contributed by atoms with van der Waals surface area (Å²) in [6, 6.07) is 3.46. The number of primary amides is 1. The summed E-state index contributed by atoms with van der Waals surface area (Å²) in [7, 11) is -3.76. The number of carbonyl (C=O) groups is 2. The number of nitrogens with two attached hydrogens (primary N) is 1. The van der Waals surface area contributed by atoms with Crippen LogP contribution in [0.3, 0.4) is 0 Å². The van der Waals surface area contributed by atoms with Crippen molar-refractivity contribution in [3.05, 3.63) is 24.3 Å². The molecule has 1 rings (SSSR count). The Morgan fingerprint density at radius 3 is 2.19 bits per heavy atom. The molecular weight excluding hydrogens is 298 g/mol. The predicted molar refractivity (Wildman–Crippen MR) is 77.3 cm³/mol. The van der Waals surface area contributed by atoms with Crippen LogP contribution < -0.4 is 21.2 Å². The summed E-state index contributed by atoms with van der Waals surface area (Å²) in [5.74, 6) is 0. The van der Waals surface area contributed by atoms with E-state index in [1.165, 1.54) is 24.3 Å². The highest BCUT2D eigenvalue weighted by Gasteiger charge is 2.13. The first-order chi connectivity index (χ1) is 9.70. The Balaban J connectivity index is 2.80. The molecule has 10 heteroatoms. The number of nitrogens with zero attached hydrogens (tertiary/aromatic N) is 1. The molecule has 0 heterocycles. The molecule has 0 spiro atoms. The number of hydrogen-bond donors (Lipinski definition) is 4. The van der Waals surface area contributed by atoms with Gasteiger partial charge in [0.25, 0.3) is 10.0 Å². The molecule has 0 fully saturated rings. The zero-order valence-corrected chi connectivity index (χ0v) is 12.2. The fraction of sp³-hybridized carbons (Fsp3) is 0.182. The van der Waals surface area contributed by atoms with Gasteiger partial charge in [0.1, 0.15) is 0 Å². The van der Waals surface area contributed by atoms with E-state index in [2.05, 4.69) is 15.2 Å². The van der Waals surface area contributed by atoms with Crippen LogP contribution in [0.5, 0.6) is 0 Å². The molecule has 21 heavy (non-hydrogen) atoms. The van der Waals surface area contributed by atoms with Crippen molar-refractivity contribution < 1.29 is 18.0 Å². The van der Waals surface area contributed by atoms with E-state index in [1.54, 1.807) is 13.8 Å². The van der Waals surface area contributed by atoms with Crippen LogP contribution in [-0.2, 0) is 10.0 Å². The highest BCUT2D eigenvalue weighted by Crippen LogP contribution is 2.13. The third-order valence-corrected chi connectivity index (χ3v) is 3.27. The second kappa shape index (κ2) is 6.70. The molecule has 9 nitrogen and oxygen atoms in total. The lowest BCUT2D eigenvalue weighted by molar-refractivity contribution is 0.238. The van der Waals surface area contributed by atoms with E-state index >= 15 is 0 Å². The Labute approximate surface area is 121 Å². The second-order valence-corrected chi connectivity index (χ2v) is 5.78. The van der Waals surface area contributed by atoms with Gasteiger partial charge in [-0.15, -0.1) is 0 Å². The van der Waals surface area contributed by atoms with Crippen LogP contribution in [0, 0.1) is 0 Å². The van der Waals surface area contributed by atoms with E-state index in [0.717, 1.165) is 0 Å². The first-order valence-corrected chi connectivity index (χ1v) is 7.19. The first-order valence-electron chi connectivity index (χ1n) is 5.71. The van der Waals surface area contributed by atoms with Crippen molar-refractivity contribution in [1.82, 2.24) is 10.1 Å². The van der Waals surface area contributed by atoms with Crippen molar-refractivity contribution in [1.29, 1.82) is 0 Å². The summed E-state index contributed by atoms with van der Waals surface area (Å²) in [6.07, 6.45) is 0. The molecule has 1 aromatic rings. The van der Waals surface area contributed by atoms with Gasteiger partial charge in [-0.25, -0.2) is 14.4 Å². The van der Waals surface area contributed by atoms with Gasteiger partial charge in [-0.2, -0.15) is 13.5 Å². The topological polar surface area (TPSA) is 143 Å². The van der Waals surface area contributed by atoms with Crippen molar-refractivity contribution in [2.24, 2.45) is 10.8 Å². The maximum atomic E-state index is 11.8. The van der Waals surface area contributed by atoms with Gasteiger partial charge in [0, 0.05) is 11.4 Å². The SMILES string of the molecule is CC(C)=NNS(=O)(=O)c1ccc(NC(=O)NC(N)=O)cc1. The molecule has 5 N–H and O–H groups in total. The molecule has 0 atom stereocenters. The molecule has 0 aliphatic heterocycles. The van der Waals surface area contributed by atoms with Crippen molar-refractivity contribution in [2.45, 2.75) is 18.7 Å². The highest BCUT2D eigenvalue weighted by atomic mass is 32.2. The van der Waals surface area contributed by atoms with Gasteiger partial charge in [0.15, 0.2) is 0 Å². The number of hydrazone groups is 1. The van der Waals surface area contributed by atoms with Gasteiger partial charge in [0.05, 0.1) is 4.90 Å². The van der Waals surface area contributed by atoms with E-state index in [1.807, 2.05) is 5.32 Å². The maximum absolute atomic E-state index is 11.8. The Hall–Kier alpha value is -2.62. The second-order valence-electron chi connectivity index (χ2n) is 4.12. The number of nitrogens with one attached hydrogen (secondary N) is 3. The molecule has 0 radical (unpaired) electrons. The molecule has 0 aliphatic carbocycles. The Bertz CT molecular complexity index is 662. The van der Waals surface area contributed by atoms with Gasteiger partial charge < -0.3 is 11.1 Å². The highest BCUT2D eigenvalue weighted by molar-refractivity contribution is 7.89. The minimum Gasteiger partial charge on any atom is -0.351 e. The minimum atomic E-state index is -3.76. The first kappa shape index (κ1) is 16.4. The summed E-state index contributed by atoms with van der Waals surface area (Å²) in [5.41, 5.74) is 5.62. The standard InChI is InChI=1S/C11H15N5O4S/c1-7(2)15-16-21(19,20)9-5-3-8(4-6-9)13-11(18)14-10(12)17/h3-6,16H,1-2H3,(H4,12,13,14,17,18). The average Bonchev–Trinajstić information content (AvgIpc) is 2.36. The smallest absolute Gasteiger partial charge is 0.327 e. The Morgan fingerprint density at radius 2 is 1.71 bits per heavy atom. The van der Waals surface area contributed by atoms with Gasteiger partial charge >= 0.3 is 12.1 Å². The zero-order valence-electron chi connectivity index (χ0n) is 11.4. The normalized spacial score (nSPS) is 10.4. The lowest BCUT2D eigenvalue weighted by Crippen LogP contribution is -2.38. The summed E-state index contributed by atoms with van der Waals surface area (Å²) in [6.45, 7) is 3.29. The van der Waals surface area contributed by atoms with Crippen LogP contribution in [0.25, 0.3) is 0 Å². The molecular formula is C11H15N5O4S. The van der Waals surface area contributed by atoms with Crippen LogP contribution >= 0.6 is 0 Å². The number of anilines is 1. The van der Waals surface area contributed by atoms with E-state index < -0.39 is 22.1 Å². The molecule has 1 aromatic carbocycles. The van der Waals surface area contributed by atoms with Crippen LogP contribution in [0.1, 0.15) is 13.8 Å². The molecule has 0 saturated heterocycles. The number of amides is 4. The number of hydrogen-bond acceptors (Lipinski definition) is 5. The predicted octanol–water partition coefficient (Wildman–Crippen LogP) is 0.561. The van der Waals surface area contributed by atoms with E-state index in [-0.39, 0.29) is 4.90 Å². The number of urea groups is 2. The van der Waals surface area contributed by atoms with Crippen LogP contribution in [-0.4, -0.2) is 26.2 Å².